The number of aliphatic hydroxyl groups excluding tert-OH is 1. The Morgan fingerprint density at radius 3 is 2.48 bits per heavy atom. The number of nitrogens with one attached hydrogen (secondary N) is 1. The molecule has 0 spiro atoms. The van der Waals surface area contributed by atoms with Crippen molar-refractivity contribution in [2.45, 2.75) is 44.6 Å². The van der Waals surface area contributed by atoms with Gasteiger partial charge in [-0.1, -0.05) is 19.1 Å². The number of hydrogen-bond acceptors (Lipinski definition) is 5. The van der Waals surface area contributed by atoms with E-state index in [4.69, 9.17) is 5.73 Å². The van der Waals surface area contributed by atoms with E-state index < -0.39 is 71.3 Å². The van der Waals surface area contributed by atoms with Crippen molar-refractivity contribution < 1.29 is 41.0 Å². The third-order valence-electron chi connectivity index (χ3n) is 7.41. The van der Waals surface area contributed by atoms with Gasteiger partial charge in [-0.05, 0) is 60.2 Å². The summed E-state index contributed by atoms with van der Waals surface area (Å²) in [5, 5.41) is 16.8. The number of nitrogens with two attached hydrogens (primary N) is 1. The minimum Gasteiger partial charge on any atom is -0.387 e. The summed E-state index contributed by atoms with van der Waals surface area (Å²) in [6, 6.07) is 8.26. The second-order valence-corrected chi connectivity index (χ2v) is 10.6. The molecule has 0 aliphatic heterocycles. The number of fused-ring (bicyclic) bond motifs is 1. The average molecular weight is 618 g/mol. The summed E-state index contributed by atoms with van der Waals surface area (Å²) in [6.45, 7) is 0.853. The molecule has 2 aromatic carbocycles. The fourth-order valence-corrected chi connectivity index (χ4v) is 5.47. The minimum absolute atomic E-state index is 0.0804. The van der Waals surface area contributed by atoms with Crippen LogP contribution in [0.15, 0.2) is 54.7 Å². The monoisotopic (exact) mass is 617 g/mol. The third-order valence-corrected chi connectivity index (χ3v) is 7.41. The zero-order chi connectivity index (χ0) is 31.9. The number of primary amides is 1. The molecule has 2 aromatic heterocycles. The molecule has 0 radical (unpaired) electrons. The zero-order valence-corrected chi connectivity index (χ0v) is 23.0. The Balaban J connectivity index is 1.54. The van der Waals surface area contributed by atoms with Crippen molar-refractivity contribution in [1.82, 2.24) is 20.1 Å². The number of aromatic nitrogens is 3. The lowest BCUT2D eigenvalue weighted by molar-refractivity contribution is -0.142. The largest absolute Gasteiger partial charge is 0.435 e. The molecule has 8 nitrogen and oxygen atoms in total. The summed E-state index contributed by atoms with van der Waals surface area (Å²) in [6.07, 6.45) is -5.03. The van der Waals surface area contributed by atoms with Crippen molar-refractivity contribution in [1.29, 1.82) is 0 Å². The highest BCUT2D eigenvalue weighted by molar-refractivity contribution is 5.94. The number of aliphatic hydroxyl groups is 1. The zero-order valence-electron chi connectivity index (χ0n) is 23.0. The summed E-state index contributed by atoms with van der Waals surface area (Å²) >= 11 is 0. The van der Waals surface area contributed by atoms with E-state index >= 15 is 0 Å². The first-order valence-corrected chi connectivity index (χ1v) is 13.4. The molecule has 44 heavy (non-hydrogen) atoms. The van der Waals surface area contributed by atoms with Crippen molar-refractivity contribution in [3.63, 3.8) is 0 Å². The average Bonchev–Trinajstić information content (AvgIpc) is 3.43. The molecule has 1 aliphatic rings. The molecule has 3 atom stereocenters. The first-order chi connectivity index (χ1) is 20.7. The highest BCUT2D eigenvalue weighted by atomic mass is 19.4. The van der Waals surface area contributed by atoms with Crippen molar-refractivity contribution >= 4 is 11.8 Å². The van der Waals surface area contributed by atoms with Gasteiger partial charge in [0, 0.05) is 23.4 Å². The van der Waals surface area contributed by atoms with Gasteiger partial charge in [0.2, 0.25) is 5.91 Å². The number of hydrogen-bond donors (Lipinski definition) is 3. The van der Waals surface area contributed by atoms with Gasteiger partial charge >= 0.3 is 6.18 Å². The maximum Gasteiger partial charge on any atom is 0.435 e. The summed E-state index contributed by atoms with van der Waals surface area (Å²) in [5.41, 5.74) is 4.23. The highest BCUT2D eigenvalue weighted by Gasteiger charge is 2.44. The molecule has 230 valence electrons. The van der Waals surface area contributed by atoms with Gasteiger partial charge in [-0.15, -0.1) is 0 Å². The van der Waals surface area contributed by atoms with Crippen LogP contribution in [0.1, 0.15) is 57.6 Å². The Hall–Kier alpha value is -4.72. The molecule has 0 unspecified atom stereocenters. The number of carbonyl (C=O) groups is 2. The number of carbonyl (C=O) groups excluding carboxylic acids is 2. The van der Waals surface area contributed by atoms with Gasteiger partial charge in [0.1, 0.15) is 24.0 Å². The van der Waals surface area contributed by atoms with Crippen LogP contribution in [0.5, 0.6) is 0 Å². The van der Waals surface area contributed by atoms with Gasteiger partial charge < -0.3 is 16.2 Å². The Morgan fingerprint density at radius 2 is 1.82 bits per heavy atom. The van der Waals surface area contributed by atoms with E-state index in [0.29, 0.717) is 11.6 Å². The predicted octanol–water partition coefficient (Wildman–Crippen LogP) is 4.81. The van der Waals surface area contributed by atoms with Crippen LogP contribution in [-0.2, 0) is 30.4 Å². The molecule has 0 saturated carbocycles. The molecule has 2 heterocycles. The molecule has 0 saturated heterocycles. The summed E-state index contributed by atoms with van der Waals surface area (Å²) in [7, 11) is 0. The number of amides is 2. The van der Waals surface area contributed by atoms with E-state index in [-0.39, 0.29) is 40.9 Å². The van der Waals surface area contributed by atoms with Crippen molar-refractivity contribution in [2.75, 3.05) is 0 Å². The second kappa shape index (κ2) is 11.8. The van der Waals surface area contributed by atoms with E-state index in [2.05, 4.69) is 15.4 Å². The van der Waals surface area contributed by atoms with Crippen LogP contribution in [0.2, 0.25) is 0 Å². The highest BCUT2D eigenvalue weighted by Crippen LogP contribution is 2.43. The first-order valence-electron chi connectivity index (χ1n) is 13.4. The van der Waals surface area contributed by atoms with Crippen LogP contribution in [0, 0.1) is 23.4 Å². The lowest BCUT2D eigenvalue weighted by Gasteiger charge is -2.22. The van der Waals surface area contributed by atoms with Crippen LogP contribution in [-0.4, -0.2) is 31.7 Å². The third kappa shape index (κ3) is 6.16. The van der Waals surface area contributed by atoms with E-state index in [1.165, 1.54) is 24.4 Å². The van der Waals surface area contributed by atoms with Gasteiger partial charge in [-0.2, -0.15) is 18.3 Å². The number of alkyl halides is 3. The Kier molecular flexibility index (Phi) is 8.21. The number of benzene rings is 2. The number of pyridine rings is 1. The maximum atomic E-state index is 14.2. The van der Waals surface area contributed by atoms with Crippen molar-refractivity contribution in [2.24, 2.45) is 11.7 Å². The van der Waals surface area contributed by atoms with E-state index in [1.807, 2.05) is 0 Å². The predicted molar refractivity (Wildman–Crippen MR) is 144 cm³/mol. The number of halogens is 6. The molecule has 14 heteroatoms. The molecular weight excluding hydrogens is 592 g/mol. The van der Waals surface area contributed by atoms with Crippen LogP contribution < -0.4 is 11.1 Å². The molecule has 0 bridgehead atoms. The van der Waals surface area contributed by atoms with E-state index in [0.717, 1.165) is 22.9 Å². The standard InChI is InChI=1S/C30H25F6N5O3/c1-14-7-21-26(27(14)43)41(40-28(21)30(34,35)36)13-24(42)39-23(10-15-8-17(31)12-18(32)9-15)25-19(3-2-6-38-25)16-4-5-22(33)20(11-16)29(37)44/h2-6,8-9,11-12,14,23,27,43H,7,10,13H2,1H3,(H2,37,44)(H,39,42)/t14-,23+,27-/m1/s1. The topological polar surface area (TPSA) is 123 Å². The molecule has 4 N–H and O–H groups in total. The maximum absolute atomic E-state index is 14.2. The van der Waals surface area contributed by atoms with Gasteiger partial charge in [0.15, 0.2) is 5.69 Å². The van der Waals surface area contributed by atoms with Crippen LogP contribution in [0.25, 0.3) is 11.1 Å². The molecule has 0 fully saturated rings. The van der Waals surface area contributed by atoms with Gasteiger partial charge in [-0.25, -0.2) is 13.2 Å². The first kappa shape index (κ1) is 30.7. The van der Waals surface area contributed by atoms with Crippen LogP contribution in [0.3, 0.4) is 0 Å². The lowest BCUT2D eigenvalue weighted by Crippen LogP contribution is -2.34. The molecule has 5 rings (SSSR count). The normalized spacial score (nSPS) is 16.9. The van der Waals surface area contributed by atoms with Crippen molar-refractivity contribution in [3.05, 3.63) is 106 Å². The van der Waals surface area contributed by atoms with Gasteiger partial charge in [0.05, 0.1) is 29.1 Å². The molecule has 4 aromatic rings. The molecule has 1 aliphatic carbocycles. The SMILES string of the molecule is C[C@@H]1Cc2c(C(F)(F)F)nn(CC(=O)N[C@@H](Cc3cc(F)cc(F)c3)c3ncccc3-c3ccc(F)c(C(N)=O)c3)c2[C@@H]1O. The van der Waals surface area contributed by atoms with Gasteiger partial charge in [-0.3, -0.25) is 19.3 Å². The lowest BCUT2D eigenvalue weighted by atomic mass is 9.94. The van der Waals surface area contributed by atoms with Crippen LogP contribution >= 0.6 is 0 Å². The number of nitrogens with zero attached hydrogens (tertiary/aromatic N) is 3. The quantitative estimate of drug-likeness (QED) is 0.245. The Labute approximate surface area is 246 Å². The smallest absolute Gasteiger partial charge is 0.387 e. The summed E-state index contributed by atoms with van der Waals surface area (Å²) < 4.78 is 84.3. The van der Waals surface area contributed by atoms with Crippen molar-refractivity contribution in [3.8, 4) is 11.1 Å². The fourth-order valence-electron chi connectivity index (χ4n) is 5.47. The molecule has 2 amide bonds. The summed E-state index contributed by atoms with van der Waals surface area (Å²) in [4.78, 5) is 29.5. The van der Waals surface area contributed by atoms with Gasteiger partial charge in [0.25, 0.3) is 5.91 Å². The van der Waals surface area contributed by atoms with E-state index in [9.17, 15) is 41.0 Å². The summed E-state index contributed by atoms with van der Waals surface area (Å²) in [5.74, 6) is -5.04. The molecular formula is C30H25F6N5O3. The van der Waals surface area contributed by atoms with Crippen LogP contribution in [0.4, 0.5) is 26.3 Å². The second-order valence-electron chi connectivity index (χ2n) is 10.6. The van der Waals surface area contributed by atoms with E-state index in [1.54, 1.807) is 13.0 Å². The number of rotatable bonds is 8. The minimum atomic E-state index is -4.82. The Morgan fingerprint density at radius 1 is 1.11 bits per heavy atom. The Bertz CT molecular complexity index is 1740. The fraction of sp³-hybridized carbons (Fsp3) is 0.267.